The van der Waals surface area contributed by atoms with Crippen LogP contribution in [0.15, 0.2) is 0 Å². The molecule has 0 radical (unpaired) electrons. The third-order valence-corrected chi connectivity index (χ3v) is 2.87. The fourth-order valence-corrected chi connectivity index (χ4v) is 2.19. The van der Waals surface area contributed by atoms with Gasteiger partial charge in [-0.25, -0.2) is 0 Å². The molecule has 4 heteroatoms. The van der Waals surface area contributed by atoms with Crippen LogP contribution < -0.4 is 0 Å². The van der Waals surface area contributed by atoms with E-state index in [1.54, 1.807) is 0 Å². The summed E-state index contributed by atoms with van der Waals surface area (Å²) in [5.74, 6) is -1.73. The summed E-state index contributed by atoms with van der Waals surface area (Å²) in [7, 11) is 0. The normalized spacial score (nSPS) is 29.3. The van der Waals surface area contributed by atoms with Crippen molar-refractivity contribution in [1.82, 2.24) is 0 Å². The number of alkyl halides is 3. The van der Waals surface area contributed by atoms with Crippen LogP contribution in [-0.4, -0.2) is 12.0 Å². The molecule has 14 heavy (non-hydrogen) atoms. The fourth-order valence-electron chi connectivity index (χ4n) is 2.19. The van der Waals surface area contributed by atoms with Crippen LogP contribution in [0.1, 0.15) is 39.0 Å². The van der Waals surface area contributed by atoms with Gasteiger partial charge in [-0.2, -0.15) is 13.2 Å². The quantitative estimate of drug-likeness (QED) is 0.680. The van der Waals surface area contributed by atoms with E-state index in [0.717, 1.165) is 0 Å². The Morgan fingerprint density at radius 3 is 2.57 bits per heavy atom. The average molecular weight is 208 g/mol. The Bertz CT molecular complexity index is 210. The van der Waals surface area contributed by atoms with Crippen LogP contribution in [-0.2, 0) is 4.79 Å². The van der Waals surface area contributed by atoms with Gasteiger partial charge in [-0.1, -0.05) is 13.3 Å². The van der Waals surface area contributed by atoms with Crippen molar-refractivity contribution in [3.05, 3.63) is 0 Å². The lowest BCUT2D eigenvalue weighted by atomic mass is 9.76. The summed E-state index contributed by atoms with van der Waals surface area (Å²) in [6.07, 6.45) is -2.68. The Morgan fingerprint density at radius 1 is 1.43 bits per heavy atom. The fraction of sp³-hybridized carbons (Fsp3) is 0.900. The van der Waals surface area contributed by atoms with E-state index in [0.29, 0.717) is 12.8 Å². The Kier molecular flexibility index (Phi) is 3.56. The third-order valence-electron chi connectivity index (χ3n) is 2.87. The zero-order valence-electron chi connectivity index (χ0n) is 8.23. The lowest BCUT2D eigenvalue weighted by Gasteiger charge is -2.32. The van der Waals surface area contributed by atoms with Gasteiger partial charge >= 0.3 is 6.18 Å². The number of hydrogen-bond acceptors (Lipinski definition) is 1. The molecule has 2 atom stereocenters. The molecule has 0 N–H and O–H groups in total. The summed E-state index contributed by atoms with van der Waals surface area (Å²) >= 11 is 0. The molecule has 0 bridgehead atoms. The molecule has 0 aromatic carbocycles. The number of hydrogen-bond donors (Lipinski definition) is 0. The minimum absolute atomic E-state index is 0.00694. The predicted octanol–water partition coefficient (Wildman–Crippen LogP) is 3.33. The van der Waals surface area contributed by atoms with Gasteiger partial charge in [0.2, 0.25) is 0 Å². The second-order valence-electron chi connectivity index (χ2n) is 3.98. The van der Waals surface area contributed by atoms with Gasteiger partial charge < -0.3 is 0 Å². The van der Waals surface area contributed by atoms with E-state index in [2.05, 4.69) is 0 Å². The Balaban J connectivity index is 2.67. The number of carbonyl (C=O) groups excluding carboxylic acids is 1. The van der Waals surface area contributed by atoms with E-state index in [1.807, 2.05) is 6.92 Å². The minimum Gasteiger partial charge on any atom is -0.300 e. The molecule has 0 spiro atoms. The van der Waals surface area contributed by atoms with Crippen LogP contribution in [0.3, 0.4) is 0 Å². The highest BCUT2D eigenvalue weighted by atomic mass is 19.4. The number of carbonyl (C=O) groups is 1. The predicted molar refractivity (Wildman–Crippen MR) is 46.8 cm³/mol. The number of rotatable bonds is 2. The molecule has 1 fully saturated rings. The summed E-state index contributed by atoms with van der Waals surface area (Å²) in [4.78, 5) is 11.1. The molecule has 2 unspecified atom stereocenters. The average Bonchev–Trinajstić information content (AvgIpc) is 2.02. The molecule has 1 nitrogen and oxygen atoms in total. The largest absolute Gasteiger partial charge is 0.392 e. The zero-order valence-corrected chi connectivity index (χ0v) is 8.23. The molecule has 0 amide bonds. The monoisotopic (exact) mass is 208 g/mol. The van der Waals surface area contributed by atoms with Crippen LogP contribution in [0, 0.1) is 11.8 Å². The standard InChI is InChI=1S/C10H15F3O/c1-2-3-7-6-8(14)4-5-9(7)10(11,12)13/h7,9H,2-6H2,1H3. The van der Waals surface area contributed by atoms with Crippen molar-refractivity contribution in [3.8, 4) is 0 Å². The molecular weight excluding hydrogens is 193 g/mol. The molecule has 1 aliphatic rings. The molecule has 0 saturated heterocycles. The lowest BCUT2D eigenvalue weighted by molar-refractivity contribution is -0.196. The molecule has 1 aliphatic carbocycles. The van der Waals surface area contributed by atoms with E-state index < -0.39 is 18.0 Å². The smallest absolute Gasteiger partial charge is 0.300 e. The van der Waals surface area contributed by atoms with Gasteiger partial charge in [0, 0.05) is 12.8 Å². The van der Waals surface area contributed by atoms with Crippen molar-refractivity contribution in [2.75, 3.05) is 0 Å². The summed E-state index contributed by atoms with van der Waals surface area (Å²) in [5, 5.41) is 0. The van der Waals surface area contributed by atoms with Crippen molar-refractivity contribution in [2.45, 2.75) is 45.2 Å². The van der Waals surface area contributed by atoms with Crippen molar-refractivity contribution < 1.29 is 18.0 Å². The minimum atomic E-state index is -4.12. The summed E-state index contributed by atoms with van der Waals surface area (Å²) in [6.45, 7) is 1.85. The molecule has 0 heterocycles. The van der Waals surface area contributed by atoms with E-state index in [9.17, 15) is 18.0 Å². The first-order valence-corrected chi connectivity index (χ1v) is 5.03. The van der Waals surface area contributed by atoms with Crippen LogP contribution >= 0.6 is 0 Å². The summed E-state index contributed by atoms with van der Waals surface area (Å²) in [5.41, 5.74) is 0. The van der Waals surface area contributed by atoms with Crippen molar-refractivity contribution >= 4 is 5.78 Å². The first-order valence-electron chi connectivity index (χ1n) is 5.03. The second-order valence-corrected chi connectivity index (χ2v) is 3.98. The van der Waals surface area contributed by atoms with Gasteiger partial charge in [0.1, 0.15) is 5.78 Å². The van der Waals surface area contributed by atoms with Crippen molar-refractivity contribution in [2.24, 2.45) is 11.8 Å². The van der Waals surface area contributed by atoms with Gasteiger partial charge in [-0.15, -0.1) is 0 Å². The third kappa shape index (κ3) is 2.72. The van der Waals surface area contributed by atoms with Crippen LogP contribution in [0.4, 0.5) is 13.2 Å². The van der Waals surface area contributed by atoms with E-state index in [1.165, 1.54) is 0 Å². The van der Waals surface area contributed by atoms with Gasteiger partial charge in [0.05, 0.1) is 5.92 Å². The summed E-state index contributed by atoms with van der Waals surface area (Å²) < 4.78 is 37.6. The zero-order chi connectivity index (χ0) is 10.8. The van der Waals surface area contributed by atoms with Gasteiger partial charge in [-0.05, 0) is 18.8 Å². The van der Waals surface area contributed by atoms with Crippen LogP contribution in [0.25, 0.3) is 0 Å². The molecule has 0 aromatic heterocycles. The second kappa shape index (κ2) is 4.32. The molecule has 1 saturated carbocycles. The van der Waals surface area contributed by atoms with Crippen LogP contribution in [0.2, 0.25) is 0 Å². The summed E-state index contributed by atoms with van der Waals surface area (Å²) in [6, 6.07) is 0. The molecule has 1 rings (SSSR count). The topological polar surface area (TPSA) is 17.1 Å². The number of Topliss-reactive ketones (excluding diaryl/α,β-unsaturated/α-hetero) is 1. The maximum absolute atomic E-state index is 12.5. The maximum Gasteiger partial charge on any atom is 0.392 e. The lowest BCUT2D eigenvalue weighted by Crippen LogP contribution is -2.35. The van der Waals surface area contributed by atoms with Crippen LogP contribution in [0.5, 0.6) is 0 Å². The van der Waals surface area contributed by atoms with E-state index >= 15 is 0 Å². The SMILES string of the molecule is CCCC1CC(=O)CCC1C(F)(F)F. The molecule has 0 aliphatic heterocycles. The molecule has 0 aromatic rings. The Labute approximate surface area is 81.7 Å². The van der Waals surface area contributed by atoms with Crippen molar-refractivity contribution in [1.29, 1.82) is 0 Å². The van der Waals surface area contributed by atoms with Gasteiger partial charge in [0.15, 0.2) is 0 Å². The molecular formula is C10H15F3O. The van der Waals surface area contributed by atoms with Gasteiger partial charge in [-0.3, -0.25) is 4.79 Å². The Morgan fingerprint density at radius 2 is 2.07 bits per heavy atom. The first kappa shape index (κ1) is 11.5. The molecule has 82 valence electrons. The first-order chi connectivity index (χ1) is 6.45. The van der Waals surface area contributed by atoms with E-state index in [4.69, 9.17) is 0 Å². The highest BCUT2D eigenvalue weighted by molar-refractivity contribution is 5.79. The highest BCUT2D eigenvalue weighted by Crippen LogP contribution is 2.42. The highest BCUT2D eigenvalue weighted by Gasteiger charge is 2.46. The Hall–Kier alpha value is -0.540. The van der Waals surface area contributed by atoms with E-state index in [-0.39, 0.29) is 25.0 Å². The number of halogens is 3. The number of ketones is 1. The van der Waals surface area contributed by atoms with Crippen molar-refractivity contribution in [3.63, 3.8) is 0 Å². The van der Waals surface area contributed by atoms with Gasteiger partial charge in [0.25, 0.3) is 0 Å². The maximum atomic E-state index is 12.5.